The largest absolute Gasteiger partial charge is 0.497 e. The molecule has 3 rings (SSSR count). The lowest BCUT2D eigenvalue weighted by molar-refractivity contribution is -0.157. The van der Waals surface area contributed by atoms with Gasteiger partial charge in [-0.25, -0.2) is 0 Å². The van der Waals surface area contributed by atoms with Crippen LogP contribution in [0.5, 0.6) is 17.2 Å². The van der Waals surface area contributed by atoms with Crippen LogP contribution < -0.4 is 14.2 Å². The van der Waals surface area contributed by atoms with Crippen LogP contribution in [0.25, 0.3) is 10.9 Å². The van der Waals surface area contributed by atoms with Gasteiger partial charge in [0.1, 0.15) is 23.9 Å². The Bertz CT molecular complexity index is 1190. The predicted octanol–water partition coefficient (Wildman–Crippen LogP) is 4.67. The molecule has 0 radical (unpaired) electrons. The molecular weight excluding hydrogens is 438 g/mol. The number of aromatic nitrogens is 1. The van der Waals surface area contributed by atoms with E-state index in [1.807, 2.05) is 32.0 Å². The molecule has 2 N–H and O–H groups in total. The maximum Gasteiger partial charge on any atom is 0.318 e. The number of nitrogens with zero attached hydrogens (tertiary/aromatic N) is 1. The third-order valence-electron chi connectivity index (χ3n) is 5.63. The van der Waals surface area contributed by atoms with Gasteiger partial charge in [0.05, 0.1) is 24.3 Å². The zero-order chi connectivity index (χ0) is 25.0. The van der Waals surface area contributed by atoms with E-state index in [0.717, 1.165) is 10.9 Å². The standard InChI is InChI=1S/C26H29NO7/c1-15(2)34-23-16(13-27-20-11-10-17(32-5)12-18(20)23)14-33-21-9-7-6-8-19(21)26(3,4)22(24(28)29)25(30)31/h6-13,15,22H,14H2,1-5H3,(H,28,29)(H,30,31). The first-order valence-corrected chi connectivity index (χ1v) is 10.9. The molecule has 0 unspecified atom stereocenters. The molecule has 0 bridgehead atoms. The second kappa shape index (κ2) is 9.99. The smallest absolute Gasteiger partial charge is 0.318 e. The number of carboxylic acids is 2. The van der Waals surface area contributed by atoms with Gasteiger partial charge in [-0.05, 0) is 38.1 Å². The Morgan fingerprint density at radius 1 is 1.06 bits per heavy atom. The molecule has 1 aromatic heterocycles. The molecule has 0 aliphatic rings. The van der Waals surface area contributed by atoms with Crippen molar-refractivity contribution >= 4 is 22.8 Å². The molecule has 2 aromatic carbocycles. The summed E-state index contributed by atoms with van der Waals surface area (Å²) in [5.74, 6) is -2.79. The fraction of sp³-hybridized carbons (Fsp3) is 0.346. The summed E-state index contributed by atoms with van der Waals surface area (Å²) in [5, 5.41) is 19.9. The third kappa shape index (κ3) is 5.06. The first kappa shape index (κ1) is 24.8. The number of benzene rings is 2. The summed E-state index contributed by atoms with van der Waals surface area (Å²) in [4.78, 5) is 27.9. The normalized spacial score (nSPS) is 11.6. The van der Waals surface area contributed by atoms with Crippen LogP contribution in [-0.2, 0) is 21.6 Å². The van der Waals surface area contributed by atoms with E-state index < -0.39 is 23.3 Å². The molecule has 0 aliphatic heterocycles. The summed E-state index contributed by atoms with van der Waals surface area (Å²) < 4.78 is 17.6. The second-order valence-electron chi connectivity index (χ2n) is 8.78. The SMILES string of the molecule is COc1ccc2ncc(COc3ccccc3C(C)(C)C(C(=O)O)C(=O)O)c(OC(C)C)c2c1. The van der Waals surface area contributed by atoms with Crippen LogP contribution in [0.1, 0.15) is 38.8 Å². The molecule has 0 spiro atoms. The van der Waals surface area contributed by atoms with Crippen molar-refractivity contribution in [3.05, 3.63) is 59.8 Å². The van der Waals surface area contributed by atoms with Crippen molar-refractivity contribution in [3.63, 3.8) is 0 Å². The van der Waals surface area contributed by atoms with Crippen LogP contribution in [0, 0.1) is 5.92 Å². The van der Waals surface area contributed by atoms with Gasteiger partial charge >= 0.3 is 11.9 Å². The van der Waals surface area contributed by atoms with Crippen LogP contribution >= 0.6 is 0 Å². The number of methoxy groups -OCH3 is 1. The zero-order valence-electron chi connectivity index (χ0n) is 19.9. The lowest BCUT2D eigenvalue weighted by Gasteiger charge is -2.31. The van der Waals surface area contributed by atoms with Gasteiger partial charge in [0.2, 0.25) is 0 Å². The molecule has 8 nitrogen and oxygen atoms in total. The summed E-state index contributed by atoms with van der Waals surface area (Å²) in [6.45, 7) is 7.10. The summed E-state index contributed by atoms with van der Waals surface area (Å²) in [6.07, 6.45) is 1.58. The molecule has 0 fully saturated rings. The van der Waals surface area contributed by atoms with Gasteiger partial charge in [-0.1, -0.05) is 32.0 Å². The third-order valence-corrected chi connectivity index (χ3v) is 5.63. The van der Waals surface area contributed by atoms with Crippen LogP contribution in [0.4, 0.5) is 0 Å². The maximum atomic E-state index is 11.7. The minimum Gasteiger partial charge on any atom is -0.497 e. The van der Waals surface area contributed by atoms with Crippen LogP contribution in [0.3, 0.4) is 0 Å². The maximum absolute atomic E-state index is 11.7. The number of carboxylic acid groups (broad SMARTS) is 2. The van der Waals surface area contributed by atoms with Gasteiger partial charge in [0, 0.05) is 22.6 Å². The summed E-state index contributed by atoms with van der Waals surface area (Å²) in [6, 6.07) is 12.4. The van der Waals surface area contributed by atoms with E-state index >= 15 is 0 Å². The summed E-state index contributed by atoms with van der Waals surface area (Å²) in [5.41, 5.74) is 0.676. The van der Waals surface area contributed by atoms with E-state index in [4.69, 9.17) is 14.2 Å². The van der Waals surface area contributed by atoms with E-state index in [-0.39, 0.29) is 12.7 Å². The van der Waals surface area contributed by atoms with Crippen LogP contribution in [0.2, 0.25) is 0 Å². The number of ether oxygens (including phenoxy) is 3. The van der Waals surface area contributed by atoms with Crippen molar-refractivity contribution < 1.29 is 34.0 Å². The summed E-state index contributed by atoms with van der Waals surface area (Å²) >= 11 is 0. The highest BCUT2D eigenvalue weighted by Gasteiger charge is 2.43. The highest BCUT2D eigenvalue weighted by atomic mass is 16.5. The lowest BCUT2D eigenvalue weighted by atomic mass is 9.73. The van der Waals surface area contributed by atoms with Gasteiger partial charge in [-0.3, -0.25) is 14.6 Å². The van der Waals surface area contributed by atoms with Crippen molar-refractivity contribution in [1.29, 1.82) is 0 Å². The first-order chi connectivity index (χ1) is 16.1. The molecule has 180 valence electrons. The molecule has 0 aliphatic carbocycles. The van der Waals surface area contributed by atoms with Crippen molar-refractivity contribution in [2.24, 2.45) is 5.92 Å². The van der Waals surface area contributed by atoms with Gasteiger partial charge in [-0.2, -0.15) is 0 Å². The molecule has 1 heterocycles. The van der Waals surface area contributed by atoms with E-state index in [0.29, 0.717) is 28.4 Å². The molecule has 0 saturated heterocycles. The van der Waals surface area contributed by atoms with Gasteiger partial charge in [-0.15, -0.1) is 0 Å². The van der Waals surface area contributed by atoms with E-state index in [2.05, 4.69) is 4.98 Å². The Morgan fingerprint density at radius 3 is 2.35 bits per heavy atom. The Morgan fingerprint density at radius 2 is 1.74 bits per heavy atom. The van der Waals surface area contributed by atoms with Crippen molar-refractivity contribution in [1.82, 2.24) is 4.98 Å². The van der Waals surface area contributed by atoms with E-state index in [1.165, 1.54) is 0 Å². The van der Waals surface area contributed by atoms with Crippen molar-refractivity contribution in [2.75, 3.05) is 7.11 Å². The number of pyridine rings is 1. The molecule has 3 aromatic rings. The first-order valence-electron chi connectivity index (χ1n) is 10.9. The molecular formula is C26H29NO7. The average Bonchev–Trinajstić information content (AvgIpc) is 2.77. The number of carbonyl (C=O) groups is 2. The van der Waals surface area contributed by atoms with E-state index in [9.17, 15) is 19.8 Å². The molecule has 0 saturated carbocycles. The van der Waals surface area contributed by atoms with Gasteiger partial charge < -0.3 is 24.4 Å². The monoisotopic (exact) mass is 467 g/mol. The number of para-hydroxylation sites is 1. The van der Waals surface area contributed by atoms with Crippen LogP contribution in [0.15, 0.2) is 48.7 Å². The topological polar surface area (TPSA) is 115 Å². The Hall–Kier alpha value is -3.81. The zero-order valence-corrected chi connectivity index (χ0v) is 19.9. The highest BCUT2D eigenvalue weighted by molar-refractivity contribution is 5.95. The number of fused-ring (bicyclic) bond motifs is 1. The number of hydrogen-bond donors (Lipinski definition) is 2. The molecule has 34 heavy (non-hydrogen) atoms. The minimum absolute atomic E-state index is 0.0834. The summed E-state index contributed by atoms with van der Waals surface area (Å²) in [7, 11) is 1.59. The van der Waals surface area contributed by atoms with Gasteiger partial charge in [0.25, 0.3) is 0 Å². The quantitative estimate of drug-likeness (QED) is 0.413. The number of aliphatic carboxylic acids is 2. The Kier molecular flexibility index (Phi) is 7.29. The number of rotatable bonds is 10. The van der Waals surface area contributed by atoms with E-state index in [1.54, 1.807) is 51.4 Å². The fourth-order valence-electron chi connectivity index (χ4n) is 3.95. The lowest BCUT2D eigenvalue weighted by Crippen LogP contribution is -2.40. The average molecular weight is 468 g/mol. The minimum atomic E-state index is -1.65. The number of hydrogen-bond acceptors (Lipinski definition) is 6. The van der Waals surface area contributed by atoms with Crippen molar-refractivity contribution in [3.8, 4) is 17.2 Å². The van der Waals surface area contributed by atoms with Crippen molar-refractivity contribution in [2.45, 2.75) is 45.8 Å². The van der Waals surface area contributed by atoms with Gasteiger partial charge in [0.15, 0.2) is 5.92 Å². The highest BCUT2D eigenvalue weighted by Crippen LogP contribution is 2.39. The van der Waals surface area contributed by atoms with Crippen LogP contribution in [-0.4, -0.2) is 40.3 Å². The second-order valence-corrected chi connectivity index (χ2v) is 8.78. The predicted molar refractivity (Wildman–Crippen MR) is 127 cm³/mol. The molecule has 8 heteroatoms. The Balaban J connectivity index is 2.01. The molecule has 0 atom stereocenters. The Labute approximate surface area is 198 Å². The fourth-order valence-corrected chi connectivity index (χ4v) is 3.95. The molecule has 0 amide bonds.